The van der Waals surface area contributed by atoms with Gasteiger partial charge in [0.2, 0.25) is 11.8 Å². The minimum Gasteiger partial charge on any atom is -0.390 e. The van der Waals surface area contributed by atoms with Crippen LogP contribution in [0.1, 0.15) is 82.9 Å². The molecule has 2 aromatic rings. The zero-order chi connectivity index (χ0) is 32.1. The number of hydrogen-bond acceptors (Lipinski definition) is 4. The van der Waals surface area contributed by atoms with Crippen molar-refractivity contribution in [2.45, 2.75) is 97.8 Å². The maximum Gasteiger partial charge on any atom is 0.247 e. The lowest BCUT2D eigenvalue weighted by atomic mass is 9.72. The minimum atomic E-state index is -1.05. The van der Waals surface area contributed by atoms with E-state index in [1.54, 1.807) is 6.08 Å². The average molecular weight is 610 g/mol. The molecule has 0 radical (unpaired) electrons. The highest BCUT2D eigenvalue weighted by molar-refractivity contribution is 5.97. The van der Waals surface area contributed by atoms with Crippen LogP contribution >= 0.6 is 0 Å². The molecule has 1 aliphatic carbocycles. The second-order valence-electron chi connectivity index (χ2n) is 12.0. The highest BCUT2D eigenvalue weighted by atomic mass is 19.1. The van der Waals surface area contributed by atoms with Crippen molar-refractivity contribution in [1.82, 2.24) is 16.0 Å². The molecule has 4 N–H and O–H groups in total. The number of aliphatic hydroxyl groups is 1. The zero-order valence-electron chi connectivity index (χ0n) is 26.6. The summed E-state index contributed by atoms with van der Waals surface area (Å²) in [5.74, 6) is -1.94. The standard InChI is InChI=1S/C36H49F2N3O3/c1-5-8-13-36(35(44)40-14-9-6-2)21-25(4)15-29(22-36)34(43)41-32(19-28-17-30(37)20-31(38)18-28)33(42)24-39-23-27-12-10-11-26(7-3)16-27/h10-12,15-18,20-21,32-33,39,42H,5-9,13-14,19,22-24H2,1-4H3,(H,40,44)(H,41,43)/t32-,33+,36?/m0/s1. The van der Waals surface area contributed by atoms with Crippen LogP contribution < -0.4 is 16.0 Å². The van der Waals surface area contributed by atoms with Crippen LogP contribution in [0.15, 0.2) is 65.8 Å². The molecule has 1 aliphatic rings. The van der Waals surface area contributed by atoms with Gasteiger partial charge in [-0.15, -0.1) is 0 Å². The van der Waals surface area contributed by atoms with Crippen molar-refractivity contribution < 1.29 is 23.5 Å². The first kappa shape index (κ1) is 35.1. The lowest BCUT2D eigenvalue weighted by Crippen LogP contribution is -2.50. The first-order valence-electron chi connectivity index (χ1n) is 16.0. The van der Waals surface area contributed by atoms with Gasteiger partial charge < -0.3 is 21.1 Å². The normalized spacial score (nSPS) is 17.8. The van der Waals surface area contributed by atoms with Crippen LogP contribution in [0.2, 0.25) is 0 Å². The maximum atomic E-state index is 14.0. The quantitative estimate of drug-likeness (QED) is 0.164. The van der Waals surface area contributed by atoms with Crippen molar-refractivity contribution in [2.24, 2.45) is 5.41 Å². The molecule has 44 heavy (non-hydrogen) atoms. The number of benzene rings is 2. The molecular weight excluding hydrogens is 560 g/mol. The van der Waals surface area contributed by atoms with E-state index in [1.807, 2.05) is 25.1 Å². The Kier molecular flexibility index (Phi) is 13.7. The Bertz CT molecular complexity index is 1310. The summed E-state index contributed by atoms with van der Waals surface area (Å²) in [5.41, 5.74) is 3.02. The van der Waals surface area contributed by atoms with E-state index in [-0.39, 0.29) is 25.3 Å². The molecule has 0 spiro atoms. The molecule has 3 atom stereocenters. The molecule has 2 amide bonds. The predicted molar refractivity (Wildman–Crippen MR) is 172 cm³/mol. The van der Waals surface area contributed by atoms with Crippen LogP contribution in [0.4, 0.5) is 8.78 Å². The summed E-state index contributed by atoms with van der Waals surface area (Å²) in [6.45, 7) is 9.35. The molecule has 0 fully saturated rings. The molecule has 0 aromatic heterocycles. The van der Waals surface area contributed by atoms with Gasteiger partial charge in [-0.2, -0.15) is 0 Å². The number of nitrogens with one attached hydrogen (secondary N) is 3. The SMILES string of the molecule is CCCCNC(=O)C1(CCCC)C=C(C)C=C(C(=O)N[C@@H](Cc2cc(F)cc(F)c2)[C@H](O)CNCc2cccc(CC)c2)C1. The topological polar surface area (TPSA) is 90.5 Å². The van der Waals surface area contributed by atoms with Crippen molar-refractivity contribution >= 4 is 11.8 Å². The molecule has 0 aliphatic heterocycles. The summed E-state index contributed by atoms with van der Waals surface area (Å²) in [7, 11) is 0. The summed E-state index contributed by atoms with van der Waals surface area (Å²) < 4.78 is 28.1. The van der Waals surface area contributed by atoms with Gasteiger partial charge in [0.1, 0.15) is 11.6 Å². The lowest BCUT2D eigenvalue weighted by Gasteiger charge is -2.34. The van der Waals surface area contributed by atoms with Gasteiger partial charge in [-0.3, -0.25) is 9.59 Å². The highest BCUT2D eigenvalue weighted by Gasteiger charge is 2.40. The number of aliphatic hydroxyl groups excluding tert-OH is 1. The van der Waals surface area contributed by atoms with Gasteiger partial charge in [0.05, 0.1) is 17.6 Å². The van der Waals surface area contributed by atoms with Crippen LogP contribution in [0.5, 0.6) is 0 Å². The van der Waals surface area contributed by atoms with Crippen molar-refractivity contribution in [3.05, 3.63) is 94.1 Å². The number of rotatable bonds is 17. The number of unbranched alkanes of at least 4 members (excludes halogenated alkanes) is 2. The fourth-order valence-corrected chi connectivity index (χ4v) is 5.80. The fraction of sp³-hybridized carbons (Fsp3) is 0.500. The van der Waals surface area contributed by atoms with Crippen LogP contribution in [0, 0.1) is 17.0 Å². The monoisotopic (exact) mass is 609 g/mol. The van der Waals surface area contributed by atoms with Gasteiger partial charge in [-0.1, -0.05) is 82.0 Å². The molecule has 0 saturated heterocycles. The smallest absolute Gasteiger partial charge is 0.247 e. The average Bonchev–Trinajstić information content (AvgIpc) is 2.99. The van der Waals surface area contributed by atoms with Gasteiger partial charge in [-0.25, -0.2) is 8.78 Å². The number of carbonyl (C=O) groups excluding carboxylic acids is 2. The Morgan fingerprint density at radius 2 is 1.68 bits per heavy atom. The molecular formula is C36H49F2N3O3. The van der Waals surface area contributed by atoms with Crippen molar-refractivity contribution in [3.8, 4) is 0 Å². The molecule has 2 aromatic carbocycles. The van der Waals surface area contributed by atoms with E-state index in [2.05, 4.69) is 48.9 Å². The summed E-state index contributed by atoms with van der Waals surface area (Å²) in [4.78, 5) is 27.3. The molecule has 0 bridgehead atoms. The number of amides is 2. The van der Waals surface area contributed by atoms with Gasteiger partial charge in [-0.05, 0) is 67.9 Å². The lowest BCUT2D eigenvalue weighted by molar-refractivity contribution is -0.129. The van der Waals surface area contributed by atoms with Crippen LogP contribution in [-0.4, -0.2) is 42.2 Å². The second kappa shape index (κ2) is 17.2. The van der Waals surface area contributed by atoms with Gasteiger partial charge in [0.25, 0.3) is 0 Å². The number of aryl methyl sites for hydroxylation is 1. The molecule has 8 heteroatoms. The van der Waals surface area contributed by atoms with Crippen molar-refractivity contribution in [2.75, 3.05) is 13.1 Å². The molecule has 1 unspecified atom stereocenters. The molecule has 0 saturated carbocycles. The Morgan fingerprint density at radius 3 is 2.36 bits per heavy atom. The molecule has 6 nitrogen and oxygen atoms in total. The first-order valence-corrected chi connectivity index (χ1v) is 16.0. The van der Waals surface area contributed by atoms with E-state index >= 15 is 0 Å². The Balaban J connectivity index is 1.79. The van der Waals surface area contributed by atoms with Crippen LogP contribution in [-0.2, 0) is 29.0 Å². The van der Waals surface area contributed by atoms with Crippen molar-refractivity contribution in [3.63, 3.8) is 0 Å². The third kappa shape index (κ3) is 10.4. The highest BCUT2D eigenvalue weighted by Crippen LogP contribution is 2.39. The summed E-state index contributed by atoms with van der Waals surface area (Å²) in [6, 6.07) is 10.5. The van der Waals surface area contributed by atoms with E-state index < -0.39 is 35.1 Å². The van der Waals surface area contributed by atoms with E-state index in [9.17, 15) is 23.5 Å². The third-order valence-corrected chi connectivity index (χ3v) is 8.19. The van der Waals surface area contributed by atoms with E-state index in [4.69, 9.17) is 0 Å². The van der Waals surface area contributed by atoms with E-state index in [0.29, 0.717) is 30.6 Å². The molecule has 240 valence electrons. The summed E-state index contributed by atoms with van der Waals surface area (Å²) in [5, 5.41) is 20.5. The van der Waals surface area contributed by atoms with Crippen LogP contribution in [0.3, 0.4) is 0 Å². The minimum absolute atomic E-state index is 0.0230. The fourth-order valence-electron chi connectivity index (χ4n) is 5.80. The first-order chi connectivity index (χ1) is 21.1. The third-order valence-electron chi connectivity index (χ3n) is 8.19. The molecule has 0 heterocycles. The van der Waals surface area contributed by atoms with Gasteiger partial charge >= 0.3 is 0 Å². The Labute approximate surface area is 261 Å². The summed E-state index contributed by atoms with van der Waals surface area (Å²) in [6.07, 6.45) is 8.07. The van der Waals surface area contributed by atoms with E-state index in [0.717, 1.165) is 49.3 Å². The number of carbonyl (C=O) groups is 2. The summed E-state index contributed by atoms with van der Waals surface area (Å²) >= 11 is 0. The number of halogens is 2. The Morgan fingerprint density at radius 1 is 0.977 bits per heavy atom. The van der Waals surface area contributed by atoms with Crippen molar-refractivity contribution in [1.29, 1.82) is 0 Å². The number of allylic oxidation sites excluding steroid dienone is 2. The molecule has 3 rings (SSSR count). The second-order valence-corrected chi connectivity index (χ2v) is 12.0. The largest absolute Gasteiger partial charge is 0.390 e. The van der Waals surface area contributed by atoms with Gasteiger partial charge in [0.15, 0.2) is 0 Å². The van der Waals surface area contributed by atoms with Gasteiger partial charge in [0, 0.05) is 31.3 Å². The maximum absolute atomic E-state index is 14.0. The number of hydrogen-bond donors (Lipinski definition) is 4. The van der Waals surface area contributed by atoms with Crippen LogP contribution in [0.25, 0.3) is 0 Å². The predicted octanol–water partition coefficient (Wildman–Crippen LogP) is 6.07. The zero-order valence-corrected chi connectivity index (χ0v) is 26.6. The Hall–Kier alpha value is -3.36. The van der Waals surface area contributed by atoms with E-state index in [1.165, 1.54) is 17.7 Å².